The number of rotatable bonds is 6. The van der Waals surface area contributed by atoms with E-state index in [0.29, 0.717) is 24.4 Å². The number of hydrogen-bond acceptors (Lipinski definition) is 3. The van der Waals surface area contributed by atoms with Crippen molar-refractivity contribution >= 4 is 29.1 Å². The molecule has 2 amide bonds. The average molecular weight is 271 g/mol. The van der Waals surface area contributed by atoms with Crippen molar-refractivity contribution in [2.24, 2.45) is 0 Å². The van der Waals surface area contributed by atoms with Crippen molar-refractivity contribution in [2.45, 2.75) is 0 Å². The molecule has 1 rings (SSSR count). The molecule has 0 saturated heterocycles. The molecule has 18 heavy (non-hydrogen) atoms. The van der Waals surface area contributed by atoms with Gasteiger partial charge in [0.25, 0.3) is 5.91 Å². The third-order valence-corrected chi connectivity index (χ3v) is 2.36. The van der Waals surface area contributed by atoms with E-state index in [1.807, 2.05) is 0 Å². The molecule has 0 radical (unpaired) electrons. The molecule has 0 heterocycles. The first-order valence-electron chi connectivity index (χ1n) is 5.40. The zero-order valence-electron chi connectivity index (χ0n) is 10.0. The van der Waals surface area contributed by atoms with Gasteiger partial charge in [-0.25, -0.2) is 0 Å². The van der Waals surface area contributed by atoms with E-state index in [-0.39, 0.29) is 17.7 Å². The maximum atomic E-state index is 11.7. The summed E-state index contributed by atoms with van der Waals surface area (Å²) in [6, 6.07) is 6.64. The SMILES string of the molecule is COCCNC(=O)c1cccc(NC(=O)CCl)c1. The standard InChI is InChI=1S/C12H15ClN2O3/c1-18-6-5-14-12(17)9-3-2-4-10(7-9)15-11(16)8-13/h2-4,7H,5-6,8H2,1H3,(H,14,17)(H,15,16). The lowest BCUT2D eigenvalue weighted by Gasteiger charge is -2.07. The zero-order valence-corrected chi connectivity index (χ0v) is 10.8. The molecule has 0 spiro atoms. The van der Waals surface area contributed by atoms with E-state index >= 15 is 0 Å². The molecular weight excluding hydrogens is 256 g/mol. The van der Waals surface area contributed by atoms with E-state index in [9.17, 15) is 9.59 Å². The van der Waals surface area contributed by atoms with Gasteiger partial charge in [0.15, 0.2) is 0 Å². The maximum absolute atomic E-state index is 11.7. The fourth-order valence-corrected chi connectivity index (χ4v) is 1.37. The number of hydrogen-bond donors (Lipinski definition) is 2. The smallest absolute Gasteiger partial charge is 0.251 e. The highest BCUT2D eigenvalue weighted by atomic mass is 35.5. The zero-order chi connectivity index (χ0) is 13.4. The number of carbonyl (C=O) groups excluding carboxylic acids is 2. The summed E-state index contributed by atoms with van der Waals surface area (Å²) in [5.74, 6) is -0.646. The van der Waals surface area contributed by atoms with Crippen molar-refractivity contribution in [3.8, 4) is 0 Å². The minimum absolute atomic E-state index is 0.121. The van der Waals surface area contributed by atoms with Gasteiger partial charge in [-0.1, -0.05) is 6.07 Å². The summed E-state index contributed by atoms with van der Waals surface area (Å²) >= 11 is 5.38. The Morgan fingerprint density at radius 3 is 2.83 bits per heavy atom. The van der Waals surface area contributed by atoms with Crippen LogP contribution in [-0.2, 0) is 9.53 Å². The van der Waals surface area contributed by atoms with Crippen LogP contribution in [0.25, 0.3) is 0 Å². The molecule has 1 aromatic rings. The van der Waals surface area contributed by atoms with Gasteiger partial charge in [-0.15, -0.1) is 11.6 Å². The minimum atomic E-state index is -0.311. The quantitative estimate of drug-likeness (QED) is 0.604. The van der Waals surface area contributed by atoms with E-state index in [2.05, 4.69) is 10.6 Å². The molecule has 0 aliphatic carbocycles. The van der Waals surface area contributed by atoms with Crippen LogP contribution >= 0.6 is 11.6 Å². The van der Waals surface area contributed by atoms with Gasteiger partial charge in [0.05, 0.1) is 6.61 Å². The predicted octanol–water partition coefficient (Wildman–Crippen LogP) is 1.24. The Labute approximate surface area is 110 Å². The van der Waals surface area contributed by atoms with Gasteiger partial charge >= 0.3 is 0 Å². The van der Waals surface area contributed by atoms with Crippen molar-refractivity contribution in [3.63, 3.8) is 0 Å². The normalized spacial score (nSPS) is 9.89. The second-order valence-corrected chi connectivity index (χ2v) is 3.78. The molecule has 0 aliphatic rings. The van der Waals surface area contributed by atoms with Crippen molar-refractivity contribution in [1.29, 1.82) is 0 Å². The minimum Gasteiger partial charge on any atom is -0.383 e. The summed E-state index contributed by atoms with van der Waals surface area (Å²) in [7, 11) is 1.56. The first-order valence-corrected chi connectivity index (χ1v) is 5.94. The van der Waals surface area contributed by atoms with Gasteiger partial charge in [0.1, 0.15) is 5.88 Å². The molecule has 5 nitrogen and oxygen atoms in total. The number of anilines is 1. The van der Waals surface area contributed by atoms with Gasteiger partial charge in [-0.2, -0.15) is 0 Å². The molecule has 6 heteroatoms. The first-order chi connectivity index (χ1) is 8.67. The summed E-state index contributed by atoms with van der Waals surface area (Å²) in [5.41, 5.74) is 1.01. The van der Waals surface area contributed by atoms with Crippen LogP contribution in [0, 0.1) is 0 Å². The fraction of sp³-hybridized carbons (Fsp3) is 0.333. The van der Waals surface area contributed by atoms with Gasteiger partial charge in [0, 0.05) is 24.9 Å². The Morgan fingerprint density at radius 2 is 2.17 bits per heavy atom. The maximum Gasteiger partial charge on any atom is 0.251 e. The summed E-state index contributed by atoms with van der Waals surface area (Å²) < 4.78 is 4.83. The molecule has 0 unspecified atom stereocenters. The number of carbonyl (C=O) groups is 2. The molecule has 0 bridgehead atoms. The second-order valence-electron chi connectivity index (χ2n) is 3.51. The van der Waals surface area contributed by atoms with Crippen LogP contribution in [0.5, 0.6) is 0 Å². The molecule has 1 aromatic carbocycles. The predicted molar refractivity (Wildman–Crippen MR) is 70.0 cm³/mol. The van der Waals surface area contributed by atoms with Gasteiger partial charge in [-0.05, 0) is 18.2 Å². The Morgan fingerprint density at radius 1 is 1.39 bits per heavy atom. The Bertz CT molecular complexity index is 424. The molecule has 0 aliphatic heterocycles. The highest BCUT2D eigenvalue weighted by Gasteiger charge is 2.06. The van der Waals surface area contributed by atoms with Crippen molar-refractivity contribution in [2.75, 3.05) is 31.5 Å². The topological polar surface area (TPSA) is 67.4 Å². The lowest BCUT2D eigenvalue weighted by molar-refractivity contribution is -0.113. The number of amides is 2. The number of benzene rings is 1. The molecule has 0 atom stereocenters. The van der Waals surface area contributed by atoms with Crippen molar-refractivity contribution < 1.29 is 14.3 Å². The first kappa shape index (κ1) is 14.5. The lowest BCUT2D eigenvalue weighted by Crippen LogP contribution is -2.27. The van der Waals surface area contributed by atoms with E-state index in [0.717, 1.165) is 0 Å². The van der Waals surface area contributed by atoms with E-state index in [4.69, 9.17) is 16.3 Å². The van der Waals surface area contributed by atoms with Crippen LogP contribution < -0.4 is 10.6 Å². The Kier molecular flexibility index (Phi) is 6.18. The molecule has 0 saturated carbocycles. The number of ether oxygens (including phenoxy) is 1. The van der Waals surface area contributed by atoms with Crippen LogP contribution in [-0.4, -0.2) is 38.0 Å². The Hall–Kier alpha value is -1.59. The van der Waals surface area contributed by atoms with Gasteiger partial charge in [0.2, 0.25) is 5.91 Å². The molecule has 98 valence electrons. The van der Waals surface area contributed by atoms with Crippen molar-refractivity contribution in [3.05, 3.63) is 29.8 Å². The van der Waals surface area contributed by atoms with E-state index < -0.39 is 0 Å². The number of methoxy groups -OCH3 is 1. The second kappa shape index (κ2) is 7.68. The van der Waals surface area contributed by atoms with Crippen LogP contribution in [0.4, 0.5) is 5.69 Å². The number of alkyl halides is 1. The van der Waals surface area contributed by atoms with Gasteiger partial charge < -0.3 is 15.4 Å². The lowest BCUT2D eigenvalue weighted by atomic mass is 10.2. The third kappa shape index (κ3) is 4.73. The third-order valence-electron chi connectivity index (χ3n) is 2.12. The molecular formula is C12H15ClN2O3. The Balaban J connectivity index is 2.63. The fourth-order valence-electron chi connectivity index (χ4n) is 1.30. The monoisotopic (exact) mass is 270 g/mol. The highest BCUT2D eigenvalue weighted by Crippen LogP contribution is 2.10. The summed E-state index contributed by atoms with van der Waals surface area (Å²) in [6.45, 7) is 0.891. The summed E-state index contributed by atoms with van der Waals surface area (Å²) in [6.07, 6.45) is 0. The molecule has 0 fully saturated rings. The van der Waals surface area contributed by atoms with Crippen molar-refractivity contribution in [1.82, 2.24) is 5.32 Å². The summed E-state index contributed by atoms with van der Waals surface area (Å²) in [4.78, 5) is 22.8. The largest absolute Gasteiger partial charge is 0.383 e. The average Bonchev–Trinajstić information content (AvgIpc) is 2.39. The summed E-state index contributed by atoms with van der Waals surface area (Å²) in [5, 5.41) is 5.27. The number of nitrogens with one attached hydrogen (secondary N) is 2. The number of halogens is 1. The van der Waals surface area contributed by atoms with E-state index in [1.54, 1.807) is 31.4 Å². The van der Waals surface area contributed by atoms with Crippen LogP contribution in [0.15, 0.2) is 24.3 Å². The van der Waals surface area contributed by atoms with Gasteiger partial charge in [-0.3, -0.25) is 9.59 Å². The van der Waals surface area contributed by atoms with E-state index in [1.165, 1.54) is 0 Å². The van der Waals surface area contributed by atoms with Crippen LogP contribution in [0.3, 0.4) is 0 Å². The molecule has 0 aromatic heterocycles. The molecule has 2 N–H and O–H groups in total. The van der Waals surface area contributed by atoms with Crippen LogP contribution in [0.1, 0.15) is 10.4 Å². The van der Waals surface area contributed by atoms with Crippen LogP contribution in [0.2, 0.25) is 0 Å². The highest BCUT2D eigenvalue weighted by molar-refractivity contribution is 6.29.